The summed E-state index contributed by atoms with van der Waals surface area (Å²) >= 11 is 0. The minimum Gasteiger partial charge on any atom is -0.400 e. The molecule has 0 aromatic carbocycles. The van der Waals surface area contributed by atoms with E-state index in [4.69, 9.17) is 7.54 Å². The van der Waals surface area contributed by atoms with Gasteiger partial charge in [0.05, 0.1) is 24.0 Å². The van der Waals surface area contributed by atoms with E-state index in [2.05, 4.69) is 5.11 Å². The zero-order valence-electron chi connectivity index (χ0n) is 13.2. The van der Waals surface area contributed by atoms with Crippen molar-refractivity contribution in [2.45, 2.75) is 38.9 Å². The summed E-state index contributed by atoms with van der Waals surface area (Å²) in [5, 5.41) is 3.50. The van der Waals surface area contributed by atoms with E-state index >= 15 is 0 Å². The van der Waals surface area contributed by atoms with Gasteiger partial charge < -0.3 is 9.85 Å². The molecule has 3 amide bonds. The third-order valence-corrected chi connectivity index (χ3v) is 3.98. The number of amides is 3. The van der Waals surface area contributed by atoms with Crippen LogP contribution in [-0.2, 0) is 19.1 Å². The van der Waals surface area contributed by atoms with Crippen molar-refractivity contribution in [1.82, 2.24) is 4.90 Å². The van der Waals surface area contributed by atoms with E-state index < -0.39 is 42.1 Å². The Kier molecular flexibility index (Phi) is 3.05. The molecule has 0 aromatic heterocycles. The van der Waals surface area contributed by atoms with Crippen LogP contribution in [0.15, 0.2) is 0 Å². The van der Waals surface area contributed by atoms with Crippen LogP contribution in [0.1, 0.15) is 28.0 Å². The molecule has 0 spiro atoms. The Labute approximate surface area is 114 Å². The highest BCUT2D eigenvalue weighted by Crippen LogP contribution is 2.50. The normalized spacial score (nSPS) is 44.5. The number of hydrogen-bond acceptors (Lipinski definition) is 5. The first-order chi connectivity index (χ1) is 9.90. The van der Waals surface area contributed by atoms with E-state index in [0.717, 1.165) is 4.90 Å². The maximum atomic E-state index is 12.2. The van der Waals surface area contributed by atoms with Crippen molar-refractivity contribution >= 4 is 17.7 Å². The molecule has 3 rings (SSSR count). The fourth-order valence-electron chi connectivity index (χ4n) is 3.18. The standard InChI is InChI=1S/C12H15NO4.CH4O/c1-3-7(14)13-11(15)8-6-4-5(2)10(17-6)9(8)12(13)16;1-2/h5-6,8-10H,3-4H2,1-2H3;2H,1H3/i4D;2T. The second-order valence-corrected chi connectivity index (χ2v) is 4.93. The number of fused-ring (bicyclic) bond motifs is 5. The van der Waals surface area contributed by atoms with Gasteiger partial charge in [-0.05, 0) is 12.3 Å². The molecule has 3 aliphatic heterocycles. The maximum absolute atomic E-state index is 12.2. The van der Waals surface area contributed by atoms with Gasteiger partial charge >= 0.3 is 0 Å². The Balaban J connectivity index is 0.000000497. The van der Waals surface area contributed by atoms with Crippen LogP contribution in [0, 0.1) is 17.8 Å². The number of ether oxygens (including phenoxy) is 1. The Hall–Kier alpha value is -1.27. The lowest BCUT2D eigenvalue weighted by Gasteiger charge is -2.21. The fourth-order valence-corrected chi connectivity index (χ4v) is 3.18. The first-order valence-corrected chi connectivity index (χ1v) is 6.38. The topological polar surface area (TPSA) is 83.9 Å². The van der Waals surface area contributed by atoms with Crippen molar-refractivity contribution in [1.29, 1.82) is 1.43 Å². The molecule has 6 nitrogen and oxygen atoms in total. The zero-order valence-corrected chi connectivity index (χ0v) is 11.2. The van der Waals surface area contributed by atoms with Crippen LogP contribution in [0.3, 0.4) is 0 Å². The number of hydrogen-bond donors (Lipinski definition) is 1. The number of aliphatic hydroxyl groups is 1. The summed E-state index contributed by atoms with van der Waals surface area (Å²) in [5.41, 5.74) is 0. The number of imide groups is 3. The van der Waals surface area contributed by atoms with Gasteiger partial charge in [-0.1, -0.05) is 13.8 Å². The minimum absolute atomic E-state index is 0.0651. The lowest BCUT2D eigenvalue weighted by Crippen LogP contribution is -2.39. The van der Waals surface area contributed by atoms with Crippen molar-refractivity contribution in [2.75, 3.05) is 7.11 Å². The summed E-state index contributed by atoms with van der Waals surface area (Å²) in [5.74, 6) is -2.57. The Bertz CT molecular complexity index is 439. The van der Waals surface area contributed by atoms with E-state index in [9.17, 15) is 14.4 Å². The lowest BCUT2D eigenvalue weighted by atomic mass is 9.76. The smallest absolute Gasteiger partial charge is 0.242 e. The summed E-state index contributed by atoms with van der Waals surface area (Å²) in [7, 11) is 1.29. The first-order valence-electron chi connectivity index (χ1n) is 7.36. The highest BCUT2D eigenvalue weighted by Gasteiger charge is 2.65. The number of carbonyl (C=O) groups excluding carboxylic acids is 3. The summed E-state index contributed by atoms with van der Waals surface area (Å²) in [6.07, 6.45) is -1.26. The molecule has 2 bridgehead atoms. The highest BCUT2D eigenvalue weighted by molar-refractivity contribution is 6.17. The minimum atomic E-state index is -0.614. The number of likely N-dealkylation sites (tertiary alicyclic amines) is 1. The molecular formula is C13H19NO5. The van der Waals surface area contributed by atoms with E-state index in [0.29, 0.717) is 0 Å². The quantitative estimate of drug-likeness (QED) is 0.676. The molecule has 3 aliphatic rings. The van der Waals surface area contributed by atoms with Gasteiger partial charge in [0.25, 0.3) is 0 Å². The van der Waals surface area contributed by atoms with Gasteiger partial charge in [0, 0.05) is 14.9 Å². The van der Waals surface area contributed by atoms with E-state index in [1.807, 2.05) is 6.92 Å². The Morgan fingerprint density at radius 2 is 2.16 bits per heavy atom. The molecule has 6 atom stereocenters. The van der Waals surface area contributed by atoms with Crippen molar-refractivity contribution in [3.63, 3.8) is 0 Å². The molecule has 106 valence electrons. The van der Waals surface area contributed by atoms with Gasteiger partial charge in [-0.3, -0.25) is 14.4 Å². The van der Waals surface area contributed by atoms with Gasteiger partial charge in [-0.2, -0.15) is 0 Å². The second kappa shape index (κ2) is 5.02. The van der Waals surface area contributed by atoms with Crippen molar-refractivity contribution in [3.05, 3.63) is 0 Å². The fraction of sp³-hybridized carbons (Fsp3) is 0.769. The molecule has 0 aliphatic carbocycles. The Morgan fingerprint density at radius 1 is 1.58 bits per heavy atom. The van der Waals surface area contributed by atoms with Crippen LogP contribution >= 0.6 is 0 Å². The van der Waals surface area contributed by atoms with Crippen molar-refractivity contribution < 1.29 is 25.6 Å². The first kappa shape index (κ1) is 11.5. The molecule has 6 unspecified atom stereocenters. The van der Waals surface area contributed by atoms with Crippen LogP contribution in [0.25, 0.3) is 0 Å². The SMILES string of the molecule is [2H]C1C(C)C2OC1C1C(=O)N(C(=O)CC)C(=O)C21.[3H]OC. The second-order valence-electron chi connectivity index (χ2n) is 4.93. The number of aliphatic hydroxyl groups excluding tert-OH is 1. The third-order valence-electron chi connectivity index (χ3n) is 3.98. The average molecular weight is 272 g/mol. The molecule has 19 heavy (non-hydrogen) atoms. The van der Waals surface area contributed by atoms with E-state index in [1.54, 1.807) is 6.92 Å². The largest absolute Gasteiger partial charge is 0.400 e. The monoisotopic (exact) mass is 272 g/mol. The van der Waals surface area contributed by atoms with Gasteiger partial charge in [0.2, 0.25) is 19.2 Å². The maximum Gasteiger partial charge on any atom is 0.242 e. The molecule has 1 N–H and O–H groups in total. The van der Waals surface area contributed by atoms with Crippen LogP contribution in [0.2, 0.25) is 0 Å². The number of rotatable bonds is 1. The van der Waals surface area contributed by atoms with Crippen LogP contribution in [0.5, 0.6) is 0 Å². The molecule has 0 aromatic rings. The predicted octanol–water partition coefficient (Wildman–Crippen LogP) is -0.0601. The van der Waals surface area contributed by atoms with Gasteiger partial charge in [0.1, 0.15) is 0 Å². The predicted molar refractivity (Wildman–Crippen MR) is 64.7 cm³/mol. The van der Waals surface area contributed by atoms with Crippen molar-refractivity contribution in [2.24, 2.45) is 17.8 Å². The number of nitrogens with zero attached hydrogens (tertiary/aromatic N) is 1. The van der Waals surface area contributed by atoms with Gasteiger partial charge in [0.15, 0.2) is 0 Å². The average Bonchev–Trinajstić information content (AvgIpc) is 3.04. The molecule has 3 fully saturated rings. The zero-order chi connectivity index (χ0) is 15.9. The van der Waals surface area contributed by atoms with Crippen molar-refractivity contribution in [3.8, 4) is 0 Å². The molecule has 6 heteroatoms. The summed E-state index contributed by atoms with van der Waals surface area (Å²) in [6, 6.07) is 0. The molecule has 0 saturated carbocycles. The van der Waals surface area contributed by atoms with Crippen LogP contribution in [-0.4, -0.2) is 48.5 Å². The molecular weight excluding hydrogens is 250 g/mol. The van der Waals surface area contributed by atoms with Crippen LogP contribution in [0.4, 0.5) is 0 Å². The molecule has 3 heterocycles. The number of carbonyl (C=O) groups is 3. The van der Waals surface area contributed by atoms with Gasteiger partial charge in [-0.25, -0.2) is 4.90 Å². The van der Waals surface area contributed by atoms with Crippen LogP contribution < -0.4 is 0 Å². The summed E-state index contributed by atoms with van der Waals surface area (Å²) in [6.45, 7) is 3.48. The van der Waals surface area contributed by atoms with E-state index in [1.165, 1.54) is 7.11 Å². The Morgan fingerprint density at radius 3 is 2.74 bits per heavy atom. The molecule has 0 radical (unpaired) electrons. The molecule has 3 saturated heterocycles. The third kappa shape index (κ3) is 1.81. The lowest BCUT2D eigenvalue weighted by molar-refractivity contribution is -0.152. The summed E-state index contributed by atoms with van der Waals surface area (Å²) < 4.78 is 19.3. The highest BCUT2D eigenvalue weighted by atomic mass is 16.5. The van der Waals surface area contributed by atoms with Gasteiger partial charge in [-0.15, -0.1) is 0 Å². The van der Waals surface area contributed by atoms with E-state index in [-0.39, 0.29) is 18.4 Å². The summed E-state index contributed by atoms with van der Waals surface area (Å²) in [4.78, 5) is 36.8.